The number of carbonyl (C=O) groups is 1. The SMILES string of the molecule is O=C(O)c1ccc2c(c1)nc(C1CCC(OCc3ccccc3)CC1)n2C1CCCCC1. The largest absolute Gasteiger partial charge is 0.478 e. The molecule has 0 spiro atoms. The Morgan fingerprint density at radius 2 is 1.72 bits per heavy atom. The first-order chi connectivity index (χ1) is 15.7. The fraction of sp³-hybridized carbons (Fsp3) is 0.481. The molecule has 0 bridgehead atoms. The highest BCUT2D eigenvalue weighted by Crippen LogP contribution is 2.40. The maximum Gasteiger partial charge on any atom is 0.335 e. The number of carboxylic acids is 1. The Morgan fingerprint density at radius 1 is 0.969 bits per heavy atom. The third kappa shape index (κ3) is 4.44. The van der Waals surface area contributed by atoms with E-state index in [2.05, 4.69) is 28.8 Å². The Labute approximate surface area is 189 Å². The van der Waals surface area contributed by atoms with Crippen LogP contribution in [0.2, 0.25) is 0 Å². The van der Waals surface area contributed by atoms with Gasteiger partial charge in [0.1, 0.15) is 5.82 Å². The van der Waals surface area contributed by atoms with Crippen molar-refractivity contribution in [1.82, 2.24) is 9.55 Å². The normalized spacial score (nSPS) is 22.2. The lowest BCUT2D eigenvalue weighted by Gasteiger charge is -2.31. The number of hydrogen-bond acceptors (Lipinski definition) is 3. The van der Waals surface area contributed by atoms with E-state index in [1.54, 1.807) is 12.1 Å². The Kier molecular flexibility index (Phi) is 6.26. The Balaban J connectivity index is 1.35. The van der Waals surface area contributed by atoms with Crippen molar-refractivity contribution in [1.29, 1.82) is 0 Å². The molecular weight excluding hydrogens is 400 g/mol. The van der Waals surface area contributed by atoms with Crippen LogP contribution in [-0.4, -0.2) is 26.7 Å². The van der Waals surface area contributed by atoms with E-state index in [1.807, 2.05) is 12.1 Å². The maximum atomic E-state index is 11.5. The topological polar surface area (TPSA) is 64.3 Å². The van der Waals surface area contributed by atoms with Gasteiger partial charge in [-0.25, -0.2) is 9.78 Å². The molecule has 2 aliphatic carbocycles. The number of aromatic carboxylic acids is 1. The van der Waals surface area contributed by atoms with Gasteiger partial charge in [-0.3, -0.25) is 0 Å². The van der Waals surface area contributed by atoms with E-state index >= 15 is 0 Å². The predicted octanol–water partition coefficient (Wildman–Crippen LogP) is 6.48. The Hall–Kier alpha value is -2.66. The number of ether oxygens (including phenoxy) is 1. The molecule has 1 aromatic heterocycles. The fourth-order valence-electron chi connectivity index (χ4n) is 5.54. The molecule has 0 amide bonds. The molecule has 1 N–H and O–H groups in total. The average Bonchev–Trinajstić information content (AvgIpc) is 3.23. The molecule has 2 aliphatic rings. The van der Waals surface area contributed by atoms with Gasteiger partial charge in [0.25, 0.3) is 0 Å². The molecule has 2 saturated carbocycles. The first kappa shape index (κ1) is 21.2. The van der Waals surface area contributed by atoms with Gasteiger partial charge in [0.15, 0.2) is 0 Å². The van der Waals surface area contributed by atoms with Crippen LogP contribution < -0.4 is 0 Å². The Bertz CT molecular complexity index is 1060. The number of carboxylic acid groups (broad SMARTS) is 1. The third-order valence-corrected chi connectivity index (χ3v) is 7.27. The fourth-order valence-corrected chi connectivity index (χ4v) is 5.54. The minimum atomic E-state index is -0.892. The molecule has 0 saturated heterocycles. The van der Waals surface area contributed by atoms with E-state index in [-0.39, 0.29) is 0 Å². The van der Waals surface area contributed by atoms with Crippen LogP contribution in [-0.2, 0) is 11.3 Å². The lowest BCUT2D eigenvalue weighted by Crippen LogP contribution is -2.24. The summed E-state index contributed by atoms with van der Waals surface area (Å²) >= 11 is 0. The van der Waals surface area contributed by atoms with Gasteiger partial charge in [-0.05, 0) is 62.3 Å². The second-order valence-corrected chi connectivity index (χ2v) is 9.41. The molecule has 5 rings (SSSR count). The first-order valence-corrected chi connectivity index (χ1v) is 12.1. The van der Waals surface area contributed by atoms with Crippen LogP contribution in [0, 0.1) is 0 Å². The van der Waals surface area contributed by atoms with Crippen molar-refractivity contribution in [3.63, 3.8) is 0 Å². The van der Waals surface area contributed by atoms with Crippen LogP contribution in [0.4, 0.5) is 0 Å². The monoisotopic (exact) mass is 432 g/mol. The van der Waals surface area contributed by atoms with Crippen LogP contribution in [0.1, 0.15) is 91.5 Å². The zero-order valence-corrected chi connectivity index (χ0v) is 18.6. The summed E-state index contributed by atoms with van der Waals surface area (Å²) in [4.78, 5) is 16.5. The van der Waals surface area contributed by atoms with Crippen LogP contribution in [0.3, 0.4) is 0 Å². The van der Waals surface area contributed by atoms with Crippen molar-refractivity contribution < 1.29 is 14.6 Å². The molecule has 2 aromatic carbocycles. The summed E-state index contributed by atoms with van der Waals surface area (Å²) in [5.41, 5.74) is 3.46. The van der Waals surface area contributed by atoms with Crippen LogP contribution in [0.5, 0.6) is 0 Å². The standard InChI is InChI=1S/C27H32N2O3/c30-27(31)21-13-16-25-24(17-21)28-26(29(25)22-9-5-2-6-10-22)20-11-14-23(15-12-20)32-18-19-7-3-1-4-8-19/h1,3-4,7-8,13,16-17,20,22-23H,2,5-6,9-12,14-15,18H2,(H,30,31). The highest BCUT2D eigenvalue weighted by molar-refractivity contribution is 5.92. The van der Waals surface area contributed by atoms with Gasteiger partial charge < -0.3 is 14.4 Å². The number of nitrogens with zero attached hydrogens (tertiary/aromatic N) is 2. The molecule has 3 aromatic rings. The number of hydrogen-bond donors (Lipinski definition) is 1. The predicted molar refractivity (Wildman–Crippen MR) is 125 cm³/mol. The van der Waals surface area contributed by atoms with Crippen LogP contribution >= 0.6 is 0 Å². The molecule has 168 valence electrons. The number of benzene rings is 2. The molecule has 0 atom stereocenters. The van der Waals surface area contributed by atoms with E-state index in [9.17, 15) is 9.90 Å². The summed E-state index contributed by atoms with van der Waals surface area (Å²) in [5.74, 6) is 0.682. The minimum Gasteiger partial charge on any atom is -0.478 e. The van der Waals surface area contributed by atoms with E-state index in [4.69, 9.17) is 9.72 Å². The van der Waals surface area contributed by atoms with E-state index in [1.165, 1.54) is 37.7 Å². The average molecular weight is 433 g/mol. The number of rotatable bonds is 6. The molecule has 32 heavy (non-hydrogen) atoms. The quantitative estimate of drug-likeness (QED) is 0.484. The van der Waals surface area contributed by atoms with E-state index in [0.717, 1.165) is 42.5 Å². The molecule has 0 unspecified atom stereocenters. The van der Waals surface area contributed by atoms with Crippen molar-refractivity contribution in [2.24, 2.45) is 0 Å². The van der Waals surface area contributed by atoms with E-state index in [0.29, 0.717) is 30.2 Å². The van der Waals surface area contributed by atoms with Gasteiger partial charge in [-0.1, -0.05) is 49.6 Å². The summed E-state index contributed by atoms with van der Waals surface area (Å²) in [7, 11) is 0. The van der Waals surface area contributed by atoms with Crippen LogP contribution in [0.15, 0.2) is 48.5 Å². The molecule has 0 aliphatic heterocycles. The number of aromatic nitrogens is 2. The zero-order valence-electron chi connectivity index (χ0n) is 18.6. The second-order valence-electron chi connectivity index (χ2n) is 9.41. The van der Waals surface area contributed by atoms with Crippen molar-refractivity contribution in [3.05, 3.63) is 65.5 Å². The summed E-state index contributed by atoms with van der Waals surface area (Å²) < 4.78 is 8.68. The summed E-state index contributed by atoms with van der Waals surface area (Å²) in [6.45, 7) is 0.675. The van der Waals surface area contributed by atoms with Crippen molar-refractivity contribution in [3.8, 4) is 0 Å². The van der Waals surface area contributed by atoms with Crippen LogP contribution in [0.25, 0.3) is 11.0 Å². The van der Waals surface area contributed by atoms with Crippen molar-refractivity contribution in [2.45, 2.75) is 82.5 Å². The molecule has 1 heterocycles. The summed E-state index contributed by atoms with van der Waals surface area (Å²) in [6, 6.07) is 16.3. The smallest absolute Gasteiger partial charge is 0.335 e. The van der Waals surface area contributed by atoms with Gasteiger partial charge >= 0.3 is 5.97 Å². The third-order valence-electron chi connectivity index (χ3n) is 7.27. The van der Waals surface area contributed by atoms with Gasteiger partial charge in [0.2, 0.25) is 0 Å². The molecule has 0 radical (unpaired) electrons. The van der Waals surface area contributed by atoms with Gasteiger partial charge in [0, 0.05) is 12.0 Å². The maximum absolute atomic E-state index is 11.5. The molecular formula is C27H32N2O3. The molecule has 2 fully saturated rings. The van der Waals surface area contributed by atoms with E-state index < -0.39 is 5.97 Å². The first-order valence-electron chi connectivity index (χ1n) is 12.1. The van der Waals surface area contributed by atoms with Gasteiger partial charge in [-0.2, -0.15) is 0 Å². The van der Waals surface area contributed by atoms with Gasteiger partial charge in [0.05, 0.1) is 29.3 Å². The summed E-state index contributed by atoms with van der Waals surface area (Å²) in [5, 5.41) is 9.43. The zero-order chi connectivity index (χ0) is 21.9. The minimum absolute atomic E-state index is 0.303. The van der Waals surface area contributed by atoms with Crippen molar-refractivity contribution >= 4 is 17.0 Å². The number of fused-ring (bicyclic) bond motifs is 1. The number of imidazole rings is 1. The lowest BCUT2D eigenvalue weighted by molar-refractivity contribution is 0.0125. The molecule has 5 heteroatoms. The highest BCUT2D eigenvalue weighted by Gasteiger charge is 2.30. The highest BCUT2D eigenvalue weighted by atomic mass is 16.5. The van der Waals surface area contributed by atoms with Crippen molar-refractivity contribution in [2.75, 3.05) is 0 Å². The second kappa shape index (κ2) is 9.45. The molecule has 5 nitrogen and oxygen atoms in total. The lowest BCUT2D eigenvalue weighted by atomic mass is 9.86. The van der Waals surface area contributed by atoms with Gasteiger partial charge in [-0.15, -0.1) is 0 Å². The Morgan fingerprint density at radius 3 is 2.44 bits per heavy atom. The summed E-state index contributed by atoms with van der Waals surface area (Å²) in [6.07, 6.45) is 10.8.